The number of hydrogen-bond donors (Lipinski definition) is 3. The predicted molar refractivity (Wildman–Crippen MR) is 98.4 cm³/mol. The van der Waals surface area contributed by atoms with Crippen molar-refractivity contribution in [3.63, 3.8) is 0 Å². The van der Waals surface area contributed by atoms with E-state index in [1.807, 2.05) is 37.3 Å². The normalized spacial score (nSPS) is 17.6. The molecule has 0 radical (unpaired) electrons. The van der Waals surface area contributed by atoms with E-state index in [2.05, 4.69) is 5.32 Å². The SMILES string of the molecule is CC(c1ccccc1)N1CC(C(=O)Nc2cc(C(=O)O)ccc2O)CC1=O. The lowest BCUT2D eigenvalue weighted by Gasteiger charge is -2.25. The first kappa shape index (κ1) is 18.4. The van der Waals surface area contributed by atoms with Crippen LogP contribution in [0.1, 0.15) is 35.3 Å². The van der Waals surface area contributed by atoms with Gasteiger partial charge >= 0.3 is 5.97 Å². The first-order valence-corrected chi connectivity index (χ1v) is 8.58. The molecule has 0 spiro atoms. The van der Waals surface area contributed by atoms with Crippen molar-refractivity contribution < 1.29 is 24.6 Å². The predicted octanol–water partition coefficient (Wildman–Crippen LogP) is 2.64. The van der Waals surface area contributed by atoms with Crippen molar-refractivity contribution in [2.75, 3.05) is 11.9 Å². The zero-order valence-corrected chi connectivity index (χ0v) is 14.8. The van der Waals surface area contributed by atoms with Crippen molar-refractivity contribution in [3.8, 4) is 5.75 Å². The van der Waals surface area contributed by atoms with E-state index in [4.69, 9.17) is 5.11 Å². The molecular formula is C20H20N2O5. The van der Waals surface area contributed by atoms with Crippen molar-refractivity contribution in [1.82, 2.24) is 4.90 Å². The van der Waals surface area contributed by atoms with Crippen LogP contribution in [0, 0.1) is 5.92 Å². The summed E-state index contributed by atoms with van der Waals surface area (Å²) in [4.78, 5) is 37.7. The largest absolute Gasteiger partial charge is 0.506 e. The maximum atomic E-state index is 12.5. The molecule has 2 aromatic rings. The summed E-state index contributed by atoms with van der Waals surface area (Å²) in [6.45, 7) is 2.18. The average Bonchev–Trinajstić information content (AvgIpc) is 3.05. The van der Waals surface area contributed by atoms with Gasteiger partial charge in [-0.1, -0.05) is 30.3 Å². The van der Waals surface area contributed by atoms with Crippen LogP contribution in [0.15, 0.2) is 48.5 Å². The minimum Gasteiger partial charge on any atom is -0.506 e. The van der Waals surface area contributed by atoms with Gasteiger partial charge in [-0.15, -0.1) is 0 Å². The number of hydrogen-bond acceptors (Lipinski definition) is 4. The van der Waals surface area contributed by atoms with Gasteiger partial charge in [-0.25, -0.2) is 4.79 Å². The Morgan fingerprint density at radius 2 is 1.89 bits per heavy atom. The fourth-order valence-electron chi connectivity index (χ4n) is 3.20. The molecule has 7 heteroatoms. The molecule has 0 bridgehead atoms. The standard InChI is InChI=1S/C20H20N2O5/c1-12(13-5-3-2-4-6-13)22-11-15(10-18(22)24)19(25)21-16-9-14(20(26)27)7-8-17(16)23/h2-9,12,15,23H,10-11H2,1H3,(H,21,25)(H,26,27). The highest BCUT2D eigenvalue weighted by molar-refractivity contribution is 5.99. The number of rotatable bonds is 5. The molecule has 1 saturated heterocycles. The minimum absolute atomic E-state index is 0.0157. The lowest BCUT2D eigenvalue weighted by atomic mass is 10.1. The number of carbonyl (C=O) groups excluding carboxylic acids is 2. The van der Waals surface area contributed by atoms with E-state index in [0.717, 1.165) is 5.56 Å². The molecule has 140 valence electrons. The third-order valence-corrected chi connectivity index (χ3v) is 4.78. The van der Waals surface area contributed by atoms with Gasteiger partial charge in [0.05, 0.1) is 23.2 Å². The molecule has 1 heterocycles. The second-order valence-electron chi connectivity index (χ2n) is 6.56. The number of carboxylic acid groups (broad SMARTS) is 1. The molecular weight excluding hydrogens is 348 g/mol. The number of carboxylic acids is 1. The molecule has 1 fully saturated rings. The molecule has 1 aliphatic rings. The monoisotopic (exact) mass is 368 g/mol. The maximum absolute atomic E-state index is 12.5. The van der Waals surface area contributed by atoms with Crippen molar-refractivity contribution in [3.05, 3.63) is 59.7 Å². The highest BCUT2D eigenvalue weighted by Crippen LogP contribution is 2.30. The van der Waals surface area contributed by atoms with Crippen molar-refractivity contribution in [2.24, 2.45) is 5.92 Å². The van der Waals surface area contributed by atoms with Gasteiger partial charge in [-0.2, -0.15) is 0 Å². The lowest BCUT2D eigenvalue weighted by molar-refractivity contribution is -0.129. The molecule has 1 aliphatic heterocycles. The van der Waals surface area contributed by atoms with Crippen LogP contribution >= 0.6 is 0 Å². The Balaban J connectivity index is 1.71. The fourth-order valence-corrected chi connectivity index (χ4v) is 3.20. The van der Waals surface area contributed by atoms with Crippen LogP contribution < -0.4 is 5.32 Å². The van der Waals surface area contributed by atoms with Gasteiger partial charge in [-0.05, 0) is 30.7 Å². The van der Waals surface area contributed by atoms with Crippen LogP contribution in [0.2, 0.25) is 0 Å². The van der Waals surface area contributed by atoms with Crippen molar-refractivity contribution >= 4 is 23.5 Å². The molecule has 2 atom stereocenters. The van der Waals surface area contributed by atoms with Crippen LogP contribution in [0.5, 0.6) is 5.75 Å². The summed E-state index contributed by atoms with van der Waals surface area (Å²) >= 11 is 0. The number of anilines is 1. The highest BCUT2D eigenvalue weighted by Gasteiger charge is 2.37. The zero-order chi connectivity index (χ0) is 19.6. The lowest BCUT2D eigenvalue weighted by Crippen LogP contribution is -2.30. The number of benzene rings is 2. The van der Waals surface area contributed by atoms with Crippen LogP contribution in [0.25, 0.3) is 0 Å². The number of amides is 2. The second kappa shape index (κ2) is 7.49. The van der Waals surface area contributed by atoms with E-state index >= 15 is 0 Å². The molecule has 0 aliphatic carbocycles. The summed E-state index contributed by atoms with van der Waals surface area (Å²) < 4.78 is 0. The Bertz CT molecular complexity index is 881. The third-order valence-electron chi connectivity index (χ3n) is 4.78. The molecule has 3 N–H and O–H groups in total. The van der Waals surface area contributed by atoms with Crippen molar-refractivity contribution in [2.45, 2.75) is 19.4 Å². The molecule has 2 unspecified atom stereocenters. The summed E-state index contributed by atoms with van der Waals surface area (Å²) in [6, 6.07) is 13.1. The molecule has 2 aromatic carbocycles. The molecule has 7 nitrogen and oxygen atoms in total. The van der Waals surface area contributed by atoms with Gasteiger partial charge in [0.1, 0.15) is 5.75 Å². The minimum atomic E-state index is -1.16. The van der Waals surface area contributed by atoms with Crippen LogP contribution in [0.4, 0.5) is 5.69 Å². The van der Waals surface area contributed by atoms with E-state index in [9.17, 15) is 19.5 Å². The number of aromatic hydroxyl groups is 1. The Kier molecular flexibility index (Phi) is 5.12. The van der Waals surface area contributed by atoms with Gasteiger partial charge in [0.15, 0.2) is 0 Å². The van der Waals surface area contributed by atoms with E-state index in [1.54, 1.807) is 4.90 Å². The smallest absolute Gasteiger partial charge is 0.335 e. The van der Waals surface area contributed by atoms with E-state index in [1.165, 1.54) is 18.2 Å². The Morgan fingerprint density at radius 3 is 2.56 bits per heavy atom. The molecule has 0 aromatic heterocycles. The number of phenolic OH excluding ortho intramolecular Hbond substituents is 1. The van der Waals surface area contributed by atoms with Crippen molar-refractivity contribution in [1.29, 1.82) is 0 Å². The summed E-state index contributed by atoms with van der Waals surface area (Å²) in [5, 5.41) is 21.4. The number of aromatic carboxylic acids is 1. The Labute approximate surface area is 156 Å². The van der Waals surface area contributed by atoms with Gasteiger partial charge in [-0.3, -0.25) is 9.59 Å². The number of nitrogens with zero attached hydrogens (tertiary/aromatic N) is 1. The number of phenols is 1. The highest BCUT2D eigenvalue weighted by atomic mass is 16.4. The third kappa shape index (κ3) is 3.92. The van der Waals surface area contributed by atoms with Gasteiger partial charge in [0.25, 0.3) is 0 Å². The zero-order valence-electron chi connectivity index (χ0n) is 14.8. The van der Waals surface area contributed by atoms with Crippen LogP contribution in [-0.4, -0.2) is 39.4 Å². The summed E-state index contributed by atoms with van der Waals surface area (Å²) in [5.41, 5.74) is 0.950. The van der Waals surface area contributed by atoms with Gasteiger partial charge in [0, 0.05) is 13.0 Å². The summed E-state index contributed by atoms with van der Waals surface area (Å²) in [7, 11) is 0. The number of likely N-dealkylation sites (tertiary alicyclic amines) is 1. The van der Waals surface area contributed by atoms with Crippen LogP contribution in [-0.2, 0) is 9.59 Å². The maximum Gasteiger partial charge on any atom is 0.335 e. The van der Waals surface area contributed by atoms with Gasteiger partial charge in [0.2, 0.25) is 11.8 Å². The molecule has 3 rings (SSSR count). The Morgan fingerprint density at radius 1 is 1.19 bits per heavy atom. The topological polar surface area (TPSA) is 107 Å². The summed E-state index contributed by atoms with van der Waals surface area (Å²) in [5.74, 6) is -2.51. The number of carbonyl (C=O) groups is 3. The van der Waals surface area contributed by atoms with E-state index < -0.39 is 17.8 Å². The first-order valence-electron chi connectivity index (χ1n) is 8.58. The quantitative estimate of drug-likeness (QED) is 0.704. The molecule has 27 heavy (non-hydrogen) atoms. The molecule has 2 amide bonds. The summed E-state index contributed by atoms with van der Waals surface area (Å²) in [6.07, 6.45) is 0.0718. The fraction of sp³-hybridized carbons (Fsp3) is 0.250. The van der Waals surface area contributed by atoms with Crippen LogP contribution in [0.3, 0.4) is 0 Å². The number of nitrogens with one attached hydrogen (secondary N) is 1. The second-order valence-corrected chi connectivity index (χ2v) is 6.56. The van der Waals surface area contributed by atoms with E-state index in [-0.39, 0.29) is 41.9 Å². The first-order chi connectivity index (χ1) is 12.9. The average molecular weight is 368 g/mol. The van der Waals surface area contributed by atoms with Gasteiger partial charge < -0.3 is 20.4 Å². The Hall–Kier alpha value is -3.35. The molecule has 0 saturated carbocycles. The van der Waals surface area contributed by atoms with E-state index in [0.29, 0.717) is 0 Å².